The van der Waals surface area contributed by atoms with Gasteiger partial charge in [-0.3, -0.25) is 0 Å². The fourth-order valence-corrected chi connectivity index (χ4v) is 2.62. The first kappa shape index (κ1) is 18.1. The average Bonchev–Trinajstić information content (AvgIpc) is 2.56. The van der Waals surface area contributed by atoms with Crippen molar-refractivity contribution in [2.75, 3.05) is 18.1 Å². The number of anilines is 1. The Morgan fingerprint density at radius 1 is 1.33 bits per heavy atom. The first-order valence-electron chi connectivity index (χ1n) is 7.60. The van der Waals surface area contributed by atoms with E-state index in [0.717, 1.165) is 18.7 Å². The van der Waals surface area contributed by atoms with E-state index in [4.69, 9.17) is 0 Å². The van der Waals surface area contributed by atoms with Gasteiger partial charge in [0.15, 0.2) is 0 Å². The maximum absolute atomic E-state index is 13.1. The predicted molar refractivity (Wildman–Crippen MR) is 86.3 cm³/mol. The highest BCUT2D eigenvalue weighted by Crippen LogP contribution is 2.45. The van der Waals surface area contributed by atoms with Crippen LogP contribution in [0.3, 0.4) is 0 Å². The number of hydrogen-bond donors (Lipinski definition) is 1. The molecule has 0 spiro atoms. The zero-order valence-corrected chi connectivity index (χ0v) is 13.3. The van der Waals surface area contributed by atoms with E-state index in [1.807, 2.05) is 6.07 Å². The molecular formula is C18H19F3N2O. The molecule has 1 aromatic rings. The number of aliphatic hydroxyl groups excluding tert-OH is 1. The molecule has 1 aliphatic carbocycles. The van der Waals surface area contributed by atoms with Gasteiger partial charge in [-0.25, -0.2) is 0 Å². The minimum Gasteiger partial charge on any atom is -0.395 e. The van der Waals surface area contributed by atoms with E-state index in [0.29, 0.717) is 5.57 Å². The molecule has 0 bridgehead atoms. The quantitative estimate of drug-likeness (QED) is 0.889. The molecule has 1 aliphatic rings. The van der Waals surface area contributed by atoms with Gasteiger partial charge < -0.3 is 10.0 Å². The van der Waals surface area contributed by atoms with Crippen LogP contribution in [-0.4, -0.2) is 30.5 Å². The Balaban J connectivity index is 2.29. The van der Waals surface area contributed by atoms with Crippen LogP contribution >= 0.6 is 0 Å². The fourth-order valence-electron chi connectivity index (χ4n) is 2.62. The van der Waals surface area contributed by atoms with Gasteiger partial charge in [-0.15, -0.1) is 0 Å². The average molecular weight is 336 g/mol. The molecule has 2 atom stereocenters. The van der Waals surface area contributed by atoms with Crippen molar-refractivity contribution in [1.82, 2.24) is 0 Å². The molecule has 0 saturated carbocycles. The third-order valence-corrected chi connectivity index (χ3v) is 4.23. The summed E-state index contributed by atoms with van der Waals surface area (Å²) in [4.78, 5) is 1.69. The van der Waals surface area contributed by atoms with Crippen LogP contribution in [0.25, 0.3) is 0 Å². The smallest absolute Gasteiger partial charge is 0.395 e. The molecule has 0 radical (unpaired) electrons. The molecule has 0 fully saturated rings. The molecule has 3 nitrogen and oxygen atoms in total. The van der Waals surface area contributed by atoms with Crippen molar-refractivity contribution in [2.45, 2.75) is 25.6 Å². The second-order valence-corrected chi connectivity index (χ2v) is 5.94. The summed E-state index contributed by atoms with van der Waals surface area (Å²) >= 11 is 0. The number of halogens is 3. The lowest BCUT2D eigenvalue weighted by Gasteiger charge is -2.34. The molecule has 2 unspecified atom stereocenters. The predicted octanol–water partition coefficient (Wildman–Crippen LogP) is 3.83. The van der Waals surface area contributed by atoms with E-state index < -0.39 is 17.6 Å². The number of nitrogens with zero attached hydrogens (tertiary/aromatic N) is 2. The van der Waals surface area contributed by atoms with E-state index in [1.54, 1.807) is 29.2 Å². The minimum absolute atomic E-state index is 0.162. The topological polar surface area (TPSA) is 47.3 Å². The minimum atomic E-state index is -4.34. The van der Waals surface area contributed by atoms with Crippen molar-refractivity contribution in [1.29, 1.82) is 5.26 Å². The fraction of sp³-hybridized carbons (Fsp3) is 0.389. The highest BCUT2D eigenvalue weighted by atomic mass is 19.4. The standard InChI is InChI=1S/C18H19F3N2O/c1-17(18(19,20)21)9-7-14(8-10-17)16(13-22)23(11-12-24)15-5-3-2-4-6-15/h2-9,16,24H,10-12H2,1H3. The molecule has 24 heavy (non-hydrogen) atoms. The van der Waals surface area contributed by atoms with Gasteiger partial charge in [0.25, 0.3) is 0 Å². The van der Waals surface area contributed by atoms with Crippen molar-refractivity contribution in [3.63, 3.8) is 0 Å². The zero-order chi connectivity index (χ0) is 17.8. The first-order chi connectivity index (χ1) is 11.3. The molecule has 6 heteroatoms. The van der Waals surface area contributed by atoms with E-state index in [2.05, 4.69) is 6.07 Å². The lowest BCUT2D eigenvalue weighted by Crippen LogP contribution is -2.39. The Bertz CT molecular complexity index is 661. The second-order valence-electron chi connectivity index (χ2n) is 5.94. The van der Waals surface area contributed by atoms with E-state index in [-0.39, 0.29) is 19.6 Å². The number of nitriles is 1. The normalized spacial score (nSPS) is 21.8. The Labute approximate surface area is 139 Å². The van der Waals surface area contributed by atoms with E-state index in [1.165, 1.54) is 12.2 Å². The van der Waals surface area contributed by atoms with Gasteiger partial charge in [0.2, 0.25) is 0 Å². The van der Waals surface area contributed by atoms with Gasteiger partial charge in [0.05, 0.1) is 18.1 Å². The summed E-state index contributed by atoms with van der Waals surface area (Å²) in [5.74, 6) is 0. The highest BCUT2D eigenvalue weighted by Gasteiger charge is 2.49. The maximum atomic E-state index is 13.1. The number of benzene rings is 1. The monoisotopic (exact) mass is 336 g/mol. The number of rotatable bonds is 5. The van der Waals surface area contributed by atoms with Crippen LogP contribution in [0, 0.1) is 16.7 Å². The molecule has 2 rings (SSSR count). The third kappa shape index (κ3) is 3.62. The Hall–Kier alpha value is -2.26. The van der Waals surface area contributed by atoms with Crippen LogP contribution in [0.2, 0.25) is 0 Å². The van der Waals surface area contributed by atoms with Crippen LogP contribution in [0.1, 0.15) is 13.3 Å². The number of allylic oxidation sites excluding steroid dienone is 2. The van der Waals surface area contributed by atoms with Crippen LogP contribution in [0.15, 0.2) is 54.1 Å². The number of alkyl halides is 3. The number of hydrogen-bond acceptors (Lipinski definition) is 3. The van der Waals surface area contributed by atoms with Crippen LogP contribution in [0.5, 0.6) is 0 Å². The largest absolute Gasteiger partial charge is 0.397 e. The van der Waals surface area contributed by atoms with Crippen molar-refractivity contribution in [3.05, 3.63) is 54.1 Å². The zero-order valence-electron chi connectivity index (χ0n) is 13.3. The Kier molecular flexibility index (Phi) is 5.35. The first-order valence-corrected chi connectivity index (χ1v) is 7.60. The van der Waals surface area contributed by atoms with Crippen LogP contribution in [0.4, 0.5) is 18.9 Å². The van der Waals surface area contributed by atoms with Gasteiger partial charge >= 0.3 is 6.18 Å². The lowest BCUT2D eigenvalue weighted by molar-refractivity contribution is -0.199. The molecule has 0 heterocycles. The second kappa shape index (κ2) is 7.10. The third-order valence-electron chi connectivity index (χ3n) is 4.23. The summed E-state index contributed by atoms with van der Waals surface area (Å²) < 4.78 is 39.3. The summed E-state index contributed by atoms with van der Waals surface area (Å²) in [5, 5.41) is 18.8. The number of aliphatic hydroxyl groups is 1. The molecule has 128 valence electrons. The molecule has 0 aromatic heterocycles. The Morgan fingerprint density at radius 2 is 2.00 bits per heavy atom. The van der Waals surface area contributed by atoms with Crippen molar-refractivity contribution < 1.29 is 18.3 Å². The number of para-hydroxylation sites is 1. The molecule has 0 amide bonds. The molecule has 1 N–H and O–H groups in total. The summed E-state index contributed by atoms with van der Waals surface area (Å²) in [6.07, 6.45) is -0.582. The van der Waals surface area contributed by atoms with Gasteiger partial charge in [0.1, 0.15) is 6.04 Å². The summed E-state index contributed by atoms with van der Waals surface area (Å²) in [5.41, 5.74) is -0.668. The van der Waals surface area contributed by atoms with Gasteiger partial charge in [-0.2, -0.15) is 18.4 Å². The highest BCUT2D eigenvalue weighted by molar-refractivity contribution is 5.53. The SMILES string of the molecule is CC1(C(F)(F)F)C=CC(C(C#N)N(CCO)c2ccccc2)=CC1. The van der Waals surface area contributed by atoms with E-state index in [9.17, 15) is 23.5 Å². The summed E-state index contributed by atoms with van der Waals surface area (Å²) in [6.45, 7) is 1.19. The van der Waals surface area contributed by atoms with Gasteiger partial charge in [-0.1, -0.05) is 36.4 Å². The Morgan fingerprint density at radius 3 is 2.46 bits per heavy atom. The lowest BCUT2D eigenvalue weighted by atomic mass is 9.80. The molecule has 0 saturated heterocycles. The summed E-state index contributed by atoms with van der Waals surface area (Å²) in [6, 6.07) is 10.4. The van der Waals surface area contributed by atoms with Gasteiger partial charge in [0, 0.05) is 12.2 Å². The molecule has 1 aromatic carbocycles. The maximum Gasteiger partial charge on any atom is 0.397 e. The molecular weight excluding hydrogens is 317 g/mol. The van der Waals surface area contributed by atoms with Crippen molar-refractivity contribution >= 4 is 5.69 Å². The van der Waals surface area contributed by atoms with Crippen LogP contribution < -0.4 is 4.90 Å². The van der Waals surface area contributed by atoms with Crippen molar-refractivity contribution in [2.24, 2.45) is 5.41 Å². The van der Waals surface area contributed by atoms with Gasteiger partial charge in [-0.05, 0) is 31.1 Å². The van der Waals surface area contributed by atoms with Crippen LogP contribution in [-0.2, 0) is 0 Å². The van der Waals surface area contributed by atoms with Crippen molar-refractivity contribution in [3.8, 4) is 6.07 Å². The summed E-state index contributed by atoms with van der Waals surface area (Å²) in [7, 11) is 0. The van der Waals surface area contributed by atoms with E-state index >= 15 is 0 Å². The molecule has 0 aliphatic heterocycles.